The Morgan fingerprint density at radius 3 is 1.07 bits per heavy atom. The van der Waals surface area contributed by atoms with Crippen molar-refractivity contribution in [3.05, 3.63) is 36.5 Å². The molecule has 2 atom stereocenters. The van der Waals surface area contributed by atoms with Crippen molar-refractivity contribution >= 4 is 17.9 Å². The minimum absolute atomic E-state index is 0.148. The average molecular weight is 1060 g/mol. The third-order valence-electron chi connectivity index (χ3n) is 14.4. The summed E-state index contributed by atoms with van der Waals surface area (Å²) in [5.41, 5.74) is 0. The number of aliphatic carboxylic acids is 1. The number of carbonyl (C=O) groups is 3. The molecule has 0 N–H and O–H groups in total. The van der Waals surface area contributed by atoms with Gasteiger partial charge < -0.3 is 33.3 Å². The number of hydrogen-bond donors (Lipinski definition) is 0. The molecule has 0 saturated carbocycles. The van der Waals surface area contributed by atoms with E-state index in [1.807, 2.05) is 21.1 Å². The number of unbranched alkanes of at least 4 members (excludes halogenated alkanes) is 39. The Balaban J connectivity index is 4.16. The smallest absolute Gasteiger partial charge is 0.306 e. The van der Waals surface area contributed by atoms with Gasteiger partial charge in [-0.1, -0.05) is 281 Å². The molecule has 440 valence electrons. The van der Waals surface area contributed by atoms with Crippen molar-refractivity contribution in [2.45, 2.75) is 322 Å². The highest BCUT2D eigenvalue weighted by molar-refractivity contribution is 5.70. The van der Waals surface area contributed by atoms with Crippen LogP contribution in [0.15, 0.2) is 36.5 Å². The van der Waals surface area contributed by atoms with E-state index in [1.54, 1.807) is 0 Å². The summed E-state index contributed by atoms with van der Waals surface area (Å²) in [6.07, 6.45) is 67.8. The van der Waals surface area contributed by atoms with Crippen molar-refractivity contribution in [1.82, 2.24) is 0 Å². The Labute approximate surface area is 464 Å². The number of esters is 2. The Morgan fingerprint density at radius 1 is 0.400 bits per heavy atom. The van der Waals surface area contributed by atoms with E-state index < -0.39 is 24.3 Å². The second-order valence-corrected chi connectivity index (χ2v) is 23.1. The molecule has 0 aliphatic rings. The lowest BCUT2D eigenvalue weighted by Gasteiger charge is -2.26. The molecule has 0 aliphatic carbocycles. The monoisotopic (exact) mass is 1060 g/mol. The van der Waals surface area contributed by atoms with Crippen LogP contribution in [0.4, 0.5) is 0 Å². The molecular formula is C66H123NO8. The van der Waals surface area contributed by atoms with E-state index >= 15 is 0 Å². The molecule has 2 unspecified atom stereocenters. The Hall–Kier alpha value is -2.49. The molecule has 0 amide bonds. The molecule has 0 spiro atoms. The zero-order valence-corrected chi connectivity index (χ0v) is 50.2. The standard InChI is InChI=1S/C66H123NO8/c1-6-8-10-12-14-16-18-20-22-24-26-28-30-32-34-36-38-40-42-44-46-48-50-52-54-56-63(68)73-60-62(61-74-66(65(70)71)72-59-58-67(3,4)5)75-64(69)57-55-53-51-49-47-45-43-41-39-37-35-33-31-29-27-25-23-21-19-17-15-13-11-9-7-2/h19,21,25,27,31,33,62,66H,6-18,20,22-24,26,28-30,32,34-61H2,1-5H3/b21-19-,27-25-,33-31-. The second kappa shape index (κ2) is 57.7. The number of carboxylic acids is 1. The van der Waals surface area contributed by atoms with Crippen LogP contribution in [-0.2, 0) is 33.3 Å². The van der Waals surface area contributed by atoms with Crippen LogP contribution >= 0.6 is 0 Å². The minimum Gasteiger partial charge on any atom is -0.545 e. The van der Waals surface area contributed by atoms with Gasteiger partial charge in [-0.3, -0.25) is 9.59 Å². The summed E-state index contributed by atoms with van der Waals surface area (Å²) in [6, 6.07) is 0. The lowest BCUT2D eigenvalue weighted by Crippen LogP contribution is -2.44. The van der Waals surface area contributed by atoms with Crippen LogP contribution in [-0.4, -0.2) is 82.3 Å². The maximum absolute atomic E-state index is 12.9. The fourth-order valence-electron chi connectivity index (χ4n) is 9.43. The van der Waals surface area contributed by atoms with Crippen LogP contribution in [0.25, 0.3) is 0 Å². The number of quaternary nitrogens is 1. The lowest BCUT2D eigenvalue weighted by molar-refractivity contribution is -0.870. The van der Waals surface area contributed by atoms with Gasteiger partial charge in [0.15, 0.2) is 12.4 Å². The molecule has 9 nitrogen and oxygen atoms in total. The molecular weight excluding hydrogens is 935 g/mol. The quantitative estimate of drug-likeness (QED) is 0.0195. The van der Waals surface area contributed by atoms with E-state index in [9.17, 15) is 19.5 Å². The van der Waals surface area contributed by atoms with Crippen LogP contribution < -0.4 is 5.11 Å². The molecule has 0 saturated heterocycles. The van der Waals surface area contributed by atoms with Gasteiger partial charge in [-0.25, -0.2) is 0 Å². The highest BCUT2D eigenvalue weighted by atomic mass is 16.7. The van der Waals surface area contributed by atoms with Crippen molar-refractivity contribution in [3.8, 4) is 0 Å². The first-order valence-electron chi connectivity index (χ1n) is 32.1. The fourth-order valence-corrected chi connectivity index (χ4v) is 9.43. The molecule has 0 bridgehead atoms. The van der Waals surface area contributed by atoms with Gasteiger partial charge >= 0.3 is 11.9 Å². The SMILES string of the molecule is CCCCCCC/C=C\C/C=C\C/C=C\CCCCCCCCCCCCC(=O)OC(COC(=O)CCCCCCCCCCCCCCCCCCCCCCCCCCC)COC(OCC[N+](C)(C)C)C(=O)[O-]. The van der Waals surface area contributed by atoms with E-state index in [0.717, 1.165) is 51.4 Å². The van der Waals surface area contributed by atoms with Gasteiger partial charge in [-0.05, 0) is 51.4 Å². The average Bonchev–Trinajstić information content (AvgIpc) is 3.38. The number of ether oxygens (including phenoxy) is 4. The van der Waals surface area contributed by atoms with Crippen LogP contribution in [0, 0.1) is 0 Å². The van der Waals surface area contributed by atoms with Gasteiger partial charge in [0.25, 0.3) is 0 Å². The van der Waals surface area contributed by atoms with Crippen molar-refractivity contribution in [2.75, 3.05) is 47.5 Å². The number of likely N-dealkylation sites (N-methyl/N-ethyl adjacent to an activating group) is 1. The first-order chi connectivity index (χ1) is 36.6. The molecule has 0 heterocycles. The third-order valence-corrected chi connectivity index (χ3v) is 14.4. The molecule has 0 aliphatic heterocycles. The largest absolute Gasteiger partial charge is 0.545 e. The molecule has 0 rings (SSSR count). The Morgan fingerprint density at radius 2 is 0.720 bits per heavy atom. The summed E-state index contributed by atoms with van der Waals surface area (Å²) in [5, 5.41) is 11.8. The van der Waals surface area contributed by atoms with Gasteiger partial charge in [0, 0.05) is 12.8 Å². The number of nitrogens with zero attached hydrogens (tertiary/aromatic N) is 1. The van der Waals surface area contributed by atoms with E-state index in [4.69, 9.17) is 18.9 Å². The molecule has 9 heteroatoms. The van der Waals surface area contributed by atoms with Gasteiger partial charge in [0.05, 0.1) is 40.3 Å². The molecule has 75 heavy (non-hydrogen) atoms. The zero-order valence-electron chi connectivity index (χ0n) is 50.2. The number of carbonyl (C=O) groups excluding carboxylic acids is 3. The number of allylic oxidation sites excluding steroid dienone is 6. The molecule has 0 radical (unpaired) electrons. The maximum atomic E-state index is 12.9. The summed E-state index contributed by atoms with van der Waals surface area (Å²) >= 11 is 0. The van der Waals surface area contributed by atoms with Crippen molar-refractivity contribution in [3.63, 3.8) is 0 Å². The maximum Gasteiger partial charge on any atom is 0.306 e. The van der Waals surface area contributed by atoms with Crippen molar-refractivity contribution in [1.29, 1.82) is 0 Å². The first kappa shape index (κ1) is 72.5. The summed E-state index contributed by atoms with van der Waals surface area (Å²) in [5.74, 6) is -2.27. The van der Waals surface area contributed by atoms with E-state index in [1.165, 1.54) is 225 Å². The fraction of sp³-hybridized carbons (Fsp3) is 0.864. The molecule has 0 aromatic carbocycles. The van der Waals surface area contributed by atoms with Gasteiger partial charge in [-0.2, -0.15) is 0 Å². The number of rotatable bonds is 60. The Kier molecular flexibility index (Phi) is 55.8. The lowest BCUT2D eigenvalue weighted by atomic mass is 10.0. The Bertz CT molecular complexity index is 1320. The van der Waals surface area contributed by atoms with Gasteiger partial charge in [-0.15, -0.1) is 0 Å². The highest BCUT2D eigenvalue weighted by Gasteiger charge is 2.22. The first-order valence-corrected chi connectivity index (χ1v) is 32.1. The minimum atomic E-state index is -1.62. The zero-order chi connectivity index (χ0) is 54.8. The van der Waals surface area contributed by atoms with Crippen LogP contribution in [0.3, 0.4) is 0 Å². The predicted molar refractivity (Wildman–Crippen MR) is 316 cm³/mol. The molecule has 0 aromatic heterocycles. The summed E-state index contributed by atoms with van der Waals surface area (Å²) in [4.78, 5) is 37.4. The van der Waals surface area contributed by atoms with Crippen LogP contribution in [0.2, 0.25) is 0 Å². The summed E-state index contributed by atoms with van der Waals surface area (Å²) in [6.45, 7) is 4.79. The number of carboxylic acid groups (broad SMARTS) is 1. The van der Waals surface area contributed by atoms with E-state index in [-0.39, 0.29) is 32.2 Å². The topological polar surface area (TPSA) is 111 Å². The van der Waals surface area contributed by atoms with E-state index in [0.29, 0.717) is 23.9 Å². The van der Waals surface area contributed by atoms with Crippen LogP contribution in [0.5, 0.6) is 0 Å². The number of hydrogen-bond acceptors (Lipinski definition) is 8. The highest BCUT2D eigenvalue weighted by Crippen LogP contribution is 2.18. The summed E-state index contributed by atoms with van der Waals surface area (Å²) < 4.78 is 22.8. The van der Waals surface area contributed by atoms with Crippen LogP contribution in [0.1, 0.15) is 309 Å². The van der Waals surface area contributed by atoms with Gasteiger partial charge in [0.2, 0.25) is 0 Å². The predicted octanol–water partition coefficient (Wildman–Crippen LogP) is 17.9. The molecule has 0 fully saturated rings. The normalized spacial score (nSPS) is 12.9. The molecule has 0 aromatic rings. The third kappa shape index (κ3) is 59.0. The van der Waals surface area contributed by atoms with Crippen molar-refractivity contribution in [2.24, 2.45) is 0 Å². The van der Waals surface area contributed by atoms with Gasteiger partial charge in [0.1, 0.15) is 13.2 Å². The van der Waals surface area contributed by atoms with Crippen molar-refractivity contribution < 1.29 is 42.9 Å². The summed E-state index contributed by atoms with van der Waals surface area (Å²) in [7, 11) is 5.93. The van der Waals surface area contributed by atoms with E-state index in [2.05, 4.69) is 50.3 Å². The second-order valence-electron chi connectivity index (χ2n) is 23.1.